The van der Waals surface area contributed by atoms with E-state index in [4.69, 9.17) is 9.47 Å². The van der Waals surface area contributed by atoms with Crippen molar-refractivity contribution in [1.29, 1.82) is 0 Å². The predicted molar refractivity (Wildman–Crippen MR) is 103 cm³/mol. The van der Waals surface area contributed by atoms with Crippen molar-refractivity contribution in [2.75, 3.05) is 7.11 Å². The van der Waals surface area contributed by atoms with Gasteiger partial charge in [0, 0.05) is 5.41 Å². The van der Waals surface area contributed by atoms with Crippen molar-refractivity contribution in [1.82, 2.24) is 4.72 Å². The van der Waals surface area contributed by atoms with Gasteiger partial charge in [-0.2, -0.15) is 4.72 Å². The third-order valence-electron chi connectivity index (χ3n) is 4.16. The van der Waals surface area contributed by atoms with Crippen LogP contribution in [0.1, 0.15) is 13.8 Å². The van der Waals surface area contributed by atoms with Crippen molar-refractivity contribution in [3.8, 4) is 11.5 Å². The fourth-order valence-electron chi connectivity index (χ4n) is 2.29. The van der Waals surface area contributed by atoms with Gasteiger partial charge in [0.05, 0.1) is 12.0 Å². The van der Waals surface area contributed by atoms with E-state index in [1.165, 1.54) is 61.7 Å². The summed E-state index contributed by atoms with van der Waals surface area (Å²) in [7, 11) is -2.82. The molecule has 0 aliphatic rings. The number of hydrogen-bond acceptors (Lipinski definition) is 5. The Balaban J connectivity index is 2.21. The molecule has 0 saturated heterocycles. The van der Waals surface area contributed by atoms with Crippen LogP contribution in [-0.4, -0.2) is 27.5 Å². The number of esters is 1. The van der Waals surface area contributed by atoms with Crippen LogP contribution in [-0.2, 0) is 19.6 Å². The molecule has 28 heavy (non-hydrogen) atoms. The summed E-state index contributed by atoms with van der Waals surface area (Å²) in [5, 5.41) is 0. The largest absolute Gasteiger partial charge is 0.468 e. The van der Waals surface area contributed by atoms with Crippen molar-refractivity contribution < 1.29 is 27.1 Å². The van der Waals surface area contributed by atoms with Gasteiger partial charge in [0.15, 0.2) is 0 Å². The van der Waals surface area contributed by atoms with E-state index in [-0.39, 0.29) is 10.7 Å². The second-order valence-electron chi connectivity index (χ2n) is 6.63. The zero-order valence-electron chi connectivity index (χ0n) is 15.8. The van der Waals surface area contributed by atoms with Gasteiger partial charge in [-0.25, -0.2) is 12.8 Å². The van der Waals surface area contributed by atoms with Crippen molar-refractivity contribution >= 4 is 16.0 Å². The molecule has 0 bridgehead atoms. The molecule has 0 heterocycles. The highest BCUT2D eigenvalue weighted by molar-refractivity contribution is 7.89. The van der Waals surface area contributed by atoms with E-state index in [9.17, 15) is 17.6 Å². The first-order valence-electron chi connectivity index (χ1n) is 8.36. The smallest absolute Gasteiger partial charge is 0.324 e. The maximum atomic E-state index is 12.9. The number of ether oxygens (including phenoxy) is 2. The van der Waals surface area contributed by atoms with Crippen LogP contribution < -0.4 is 9.46 Å². The summed E-state index contributed by atoms with van der Waals surface area (Å²) in [6, 6.07) is 9.90. The molecule has 0 saturated carbocycles. The lowest BCUT2D eigenvalue weighted by atomic mass is 9.85. The molecule has 2 rings (SSSR count). The summed E-state index contributed by atoms with van der Waals surface area (Å²) in [5.74, 6) is -0.317. The highest BCUT2D eigenvalue weighted by atomic mass is 32.2. The van der Waals surface area contributed by atoms with Gasteiger partial charge in [0.1, 0.15) is 23.4 Å². The lowest BCUT2D eigenvalue weighted by Gasteiger charge is -2.29. The van der Waals surface area contributed by atoms with Gasteiger partial charge >= 0.3 is 5.97 Å². The fraction of sp³-hybridized carbons (Fsp3) is 0.250. The molecule has 0 aliphatic carbocycles. The Hall–Kier alpha value is -2.71. The zero-order valence-corrected chi connectivity index (χ0v) is 16.6. The lowest BCUT2D eigenvalue weighted by Crippen LogP contribution is -2.49. The lowest BCUT2D eigenvalue weighted by molar-refractivity contribution is -0.144. The number of nitrogens with one attached hydrogen (secondary N) is 1. The van der Waals surface area contributed by atoms with Crippen LogP contribution >= 0.6 is 0 Å². The van der Waals surface area contributed by atoms with E-state index in [0.717, 1.165) is 0 Å². The van der Waals surface area contributed by atoms with Crippen LogP contribution in [0.5, 0.6) is 11.5 Å². The highest BCUT2D eigenvalue weighted by Crippen LogP contribution is 2.26. The van der Waals surface area contributed by atoms with Crippen LogP contribution in [0.4, 0.5) is 4.39 Å². The Morgan fingerprint density at radius 3 is 2.07 bits per heavy atom. The summed E-state index contributed by atoms with van der Waals surface area (Å²) in [6.07, 6.45) is 1.48. The Kier molecular flexibility index (Phi) is 6.58. The predicted octanol–water partition coefficient (Wildman–Crippen LogP) is 3.65. The van der Waals surface area contributed by atoms with Gasteiger partial charge < -0.3 is 9.47 Å². The van der Waals surface area contributed by atoms with E-state index in [1.807, 2.05) is 0 Å². The molecule has 2 aromatic rings. The van der Waals surface area contributed by atoms with Crippen molar-refractivity contribution in [2.45, 2.75) is 24.8 Å². The number of carbonyl (C=O) groups is 1. The van der Waals surface area contributed by atoms with Gasteiger partial charge in [-0.1, -0.05) is 19.9 Å². The van der Waals surface area contributed by atoms with Crippen LogP contribution in [0.3, 0.4) is 0 Å². The van der Waals surface area contributed by atoms with Crippen LogP contribution in [0.25, 0.3) is 0 Å². The second-order valence-corrected chi connectivity index (χ2v) is 8.34. The summed E-state index contributed by atoms with van der Waals surface area (Å²) in [4.78, 5) is 12.0. The maximum absolute atomic E-state index is 12.9. The topological polar surface area (TPSA) is 81.7 Å². The SMILES string of the molecule is C=CC(C)(C)C(NS(=O)(=O)c1ccc(Oc2ccc(F)cc2)cc1)C(=O)OC. The van der Waals surface area contributed by atoms with E-state index >= 15 is 0 Å². The minimum atomic E-state index is -4.01. The molecule has 1 N–H and O–H groups in total. The molecular weight excluding hydrogens is 385 g/mol. The summed E-state index contributed by atoms with van der Waals surface area (Å²) >= 11 is 0. The molecule has 0 fully saturated rings. The molecular formula is C20H22FNO5S. The van der Waals surface area contributed by atoms with Gasteiger partial charge in [0.2, 0.25) is 10.0 Å². The Labute approximate surface area is 164 Å². The molecule has 0 spiro atoms. The Bertz CT molecular complexity index is 938. The van der Waals surface area contributed by atoms with E-state index in [1.54, 1.807) is 13.8 Å². The standard InChI is InChI=1S/C20H22FNO5S/c1-5-20(2,3)18(19(23)26-4)22-28(24,25)17-12-10-16(11-13-17)27-15-8-6-14(21)7-9-15/h5-13,18,22H,1H2,2-4H3. The summed E-state index contributed by atoms with van der Waals surface area (Å²) in [5.41, 5.74) is -0.869. The van der Waals surface area contributed by atoms with E-state index < -0.39 is 27.4 Å². The average Bonchev–Trinajstić information content (AvgIpc) is 2.67. The normalized spacial score (nSPS) is 12.9. The number of rotatable bonds is 8. The molecule has 6 nitrogen and oxygen atoms in total. The number of halogens is 1. The second kappa shape index (κ2) is 8.53. The minimum absolute atomic E-state index is 0.0484. The number of carbonyl (C=O) groups excluding carboxylic acids is 1. The van der Waals surface area contributed by atoms with Gasteiger partial charge in [0.25, 0.3) is 0 Å². The first-order valence-corrected chi connectivity index (χ1v) is 9.84. The van der Waals surface area contributed by atoms with Gasteiger partial charge in [-0.05, 0) is 48.5 Å². The molecule has 0 aromatic heterocycles. The van der Waals surface area contributed by atoms with Crippen LogP contribution in [0, 0.1) is 11.2 Å². The van der Waals surface area contributed by atoms with Crippen molar-refractivity contribution in [3.05, 3.63) is 67.0 Å². The van der Waals surface area contributed by atoms with E-state index in [2.05, 4.69) is 11.3 Å². The molecule has 150 valence electrons. The molecule has 0 aliphatic heterocycles. The zero-order chi connectivity index (χ0) is 20.9. The van der Waals surface area contributed by atoms with Gasteiger partial charge in [-0.15, -0.1) is 6.58 Å². The van der Waals surface area contributed by atoms with E-state index in [0.29, 0.717) is 11.5 Å². The molecule has 8 heteroatoms. The first-order chi connectivity index (χ1) is 13.1. The molecule has 1 unspecified atom stereocenters. The first kappa shape index (κ1) is 21.6. The van der Waals surface area contributed by atoms with Crippen LogP contribution in [0.15, 0.2) is 66.1 Å². The molecule has 1 atom stereocenters. The number of hydrogen-bond donors (Lipinski definition) is 1. The summed E-state index contributed by atoms with van der Waals surface area (Å²) in [6.45, 7) is 6.99. The van der Waals surface area contributed by atoms with Gasteiger partial charge in [-0.3, -0.25) is 4.79 Å². The fourth-order valence-corrected chi connectivity index (χ4v) is 3.63. The Morgan fingerprint density at radius 1 is 1.11 bits per heavy atom. The highest BCUT2D eigenvalue weighted by Gasteiger charge is 2.37. The third-order valence-corrected chi connectivity index (χ3v) is 5.60. The molecule has 2 aromatic carbocycles. The quantitative estimate of drug-likeness (QED) is 0.534. The van der Waals surface area contributed by atoms with Crippen molar-refractivity contribution in [3.63, 3.8) is 0 Å². The molecule has 0 radical (unpaired) electrons. The Morgan fingerprint density at radius 2 is 1.61 bits per heavy atom. The maximum Gasteiger partial charge on any atom is 0.324 e. The third kappa shape index (κ3) is 5.17. The number of sulfonamides is 1. The van der Waals surface area contributed by atoms with Crippen molar-refractivity contribution in [2.24, 2.45) is 5.41 Å². The monoisotopic (exact) mass is 407 g/mol. The summed E-state index contributed by atoms with van der Waals surface area (Å²) < 4.78 is 51.0. The molecule has 0 amide bonds. The minimum Gasteiger partial charge on any atom is -0.468 e. The van der Waals surface area contributed by atoms with Crippen LogP contribution in [0.2, 0.25) is 0 Å². The average molecular weight is 407 g/mol. The number of benzene rings is 2. The number of methoxy groups -OCH3 is 1.